The zero-order chi connectivity index (χ0) is 20.5. The highest BCUT2D eigenvalue weighted by Gasteiger charge is 2.18. The molecule has 0 bridgehead atoms. The van der Waals surface area contributed by atoms with E-state index in [1.165, 1.54) is 11.1 Å². The van der Waals surface area contributed by atoms with E-state index in [0.717, 1.165) is 28.2 Å². The van der Waals surface area contributed by atoms with Crippen molar-refractivity contribution in [3.05, 3.63) is 83.2 Å². The van der Waals surface area contributed by atoms with Crippen molar-refractivity contribution in [3.63, 3.8) is 0 Å². The third-order valence-corrected chi connectivity index (χ3v) is 5.14. The lowest BCUT2D eigenvalue weighted by Crippen LogP contribution is -2.16. The van der Waals surface area contributed by atoms with E-state index in [1.807, 2.05) is 29.7 Å². The molecule has 0 aliphatic rings. The SMILES string of the molecule is Cc1ccn2c(CC(=O)Nc3ccc(O)cc3)c(-c3ccc(C)c(C)c3)nc2c1. The van der Waals surface area contributed by atoms with E-state index in [9.17, 15) is 9.90 Å². The maximum absolute atomic E-state index is 12.8. The van der Waals surface area contributed by atoms with Gasteiger partial charge >= 0.3 is 0 Å². The highest BCUT2D eigenvalue weighted by molar-refractivity contribution is 5.93. The second kappa shape index (κ2) is 7.43. The maximum Gasteiger partial charge on any atom is 0.230 e. The van der Waals surface area contributed by atoms with Crippen LogP contribution in [0.15, 0.2) is 60.8 Å². The number of phenols is 1. The molecule has 146 valence electrons. The molecule has 0 aliphatic carbocycles. The van der Waals surface area contributed by atoms with Gasteiger partial charge in [0.05, 0.1) is 17.8 Å². The Hall–Kier alpha value is -3.60. The lowest BCUT2D eigenvalue weighted by Gasteiger charge is -2.09. The Kier molecular flexibility index (Phi) is 4.80. The molecule has 5 heteroatoms. The van der Waals surface area contributed by atoms with Crippen molar-refractivity contribution in [3.8, 4) is 17.0 Å². The Morgan fingerprint density at radius 3 is 2.48 bits per heavy atom. The van der Waals surface area contributed by atoms with Crippen LogP contribution in [0.3, 0.4) is 0 Å². The zero-order valence-corrected chi connectivity index (χ0v) is 16.7. The molecule has 0 saturated carbocycles. The van der Waals surface area contributed by atoms with Gasteiger partial charge in [0.15, 0.2) is 0 Å². The molecule has 4 aromatic rings. The van der Waals surface area contributed by atoms with Gasteiger partial charge in [-0.3, -0.25) is 4.79 Å². The summed E-state index contributed by atoms with van der Waals surface area (Å²) in [6.45, 7) is 6.19. The minimum atomic E-state index is -0.136. The molecule has 1 amide bonds. The zero-order valence-electron chi connectivity index (χ0n) is 16.7. The summed E-state index contributed by atoms with van der Waals surface area (Å²) < 4.78 is 1.98. The second-order valence-corrected chi connectivity index (χ2v) is 7.41. The number of hydrogen-bond donors (Lipinski definition) is 2. The monoisotopic (exact) mass is 385 g/mol. The molecule has 0 saturated heterocycles. The number of carbonyl (C=O) groups is 1. The Morgan fingerprint density at radius 2 is 1.76 bits per heavy atom. The van der Waals surface area contributed by atoms with Crippen LogP contribution in [0.2, 0.25) is 0 Å². The number of hydrogen-bond acceptors (Lipinski definition) is 3. The smallest absolute Gasteiger partial charge is 0.230 e. The van der Waals surface area contributed by atoms with Gasteiger partial charge in [-0.1, -0.05) is 12.1 Å². The van der Waals surface area contributed by atoms with E-state index in [2.05, 4.69) is 37.4 Å². The molecule has 29 heavy (non-hydrogen) atoms. The van der Waals surface area contributed by atoms with Gasteiger partial charge in [0.2, 0.25) is 5.91 Å². The minimum absolute atomic E-state index is 0.136. The molecule has 0 spiro atoms. The lowest BCUT2D eigenvalue weighted by atomic mass is 10.0. The first-order chi connectivity index (χ1) is 13.9. The van der Waals surface area contributed by atoms with Crippen LogP contribution < -0.4 is 5.32 Å². The van der Waals surface area contributed by atoms with Crippen LogP contribution in [0.5, 0.6) is 5.75 Å². The molecule has 0 aliphatic heterocycles. The predicted molar refractivity (Wildman–Crippen MR) is 115 cm³/mol. The summed E-state index contributed by atoms with van der Waals surface area (Å²) in [4.78, 5) is 17.6. The largest absolute Gasteiger partial charge is 0.508 e. The van der Waals surface area contributed by atoms with Gasteiger partial charge in [-0.05, 0) is 79.9 Å². The number of aromatic hydroxyl groups is 1. The van der Waals surface area contributed by atoms with Gasteiger partial charge in [0.1, 0.15) is 11.4 Å². The fraction of sp³-hybridized carbons (Fsp3) is 0.167. The summed E-state index contributed by atoms with van der Waals surface area (Å²) in [6, 6.07) is 16.7. The number of nitrogens with one attached hydrogen (secondary N) is 1. The Labute approximate surface area is 169 Å². The van der Waals surface area contributed by atoms with E-state index < -0.39 is 0 Å². The van der Waals surface area contributed by atoms with E-state index in [1.54, 1.807) is 24.3 Å². The van der Waals surface area contributed by atoms with Crippen LogP contribution in [0.1, 0.15) is 22.4 Å². The number of benzene rings is 2. The molecular weight excluding hydrogens is 362 g/mol. The van der Waals surface area contributed by atoms with E-state index in [-0.39, 0.29) is 18.1 Å². The van der Waals surface area contributed by atoms with Gasteiger partial charge in [-0.15, -0.1) is 0 Å². The summed E-state index contributed by atoms with van der Waals surface area (Å²) >= 11 is 0. The first kappa shape index (κ1) is 18.7. The number of imidazole rings is 1. The molecule has 5 nitrogen and oxygen atoms in total. The molecule has 2 aromatic heterocycles. The number of rotatable bonds is 4. The van der Waals surface area contributed by atoms with E-state index in [0.29, 0.717) is 5.69 Å². The van der Waals surface area contributed by atoms with E-state index in [4.69, 9.17) is 4.98 Å². The molecule has 2 N–H and O–H groups in total. The molecule has 0 unspecified atom stereocenters. The van der Waals surface area contributed by atoms with Crippen molar-refractivity contribution >= 4 is 17.2 Å². The topological polar surface area (TPSA) is 66.6 Å². The number of aryl methyl sites for hydroxylation is 3. The fourth-order valence-electron chi connectivity index (χ4n) is 3.39. The lowest BCUT2D eigenvalue weighted by molar-refractivity contribution is -0.115. The molecule has 0 fully saturated rings. The minimum Gasteiger partial charge on any atom is -0.508 e. The van der Waals surface area contributed by atoms with Crippen LogP contribution in [-0.2, 0) is 11.2 Å². The predicted octanol–water partition coefficient (Wildman–Crippen LogP) is 4.81. The number of carbonyl (C=O) groups excluding carboxylic acids is 1. The number of amides is 1. The van der Waals surface area contributed by atoms with Crippen LogP contribution in [0, 0.1) is 20.8 Å². The Balaban J connectivity index is 1.74. The van der Waals surface area contributed by atoms with Crippen molar-refractivity contribution in [1.82, 2.24) is 9.38 Å². The summed E-state index contributed by atoms with van der Waals surface area (Å²) in [5, 5.41) is 12.3. The third-order valence-electron chi connectivity index (χ3n) is 5.14. The molecule has 0 atom stereocenters. The summed E-state index contributed by atoms with van der Waals surface area (Å²) in [5.74, 6) is 0.0281. The Bertz CT molecular complexity index is 1210. The number of aromatic nitrogens is 2. The van der Waals surface area contributed by atoms with Crippen molar-refractivity contribution < 1.29 is 9.90 Å². The van der Waals surface area contributed by atoms with Gasteiger partial charge in [0.25, 0.3) is 0 Å². The first-order valence-corrected chi connectivity index (χ1v) is 9.55. The van der Waals surface area contributed by atoms with Gasteiger partial charge < -0.3 is 14.8 Å². The average Bonchev–Trinajstić information content (AvgIpc) is 3.03. The summed E-state index contributed by atoms with van der Waals surface area (Å²) in [5.41, 5.74) is 7.67. The molecule has 2 aromatic carbocycles. The van der Waals surface area contributed by atoms with Gasteiger partial charge in [-0.2, -0.15) is 0 Å². The summed E-state index contributed by atoms with van der Waals surface area (Å²) in [7, 11) is 0. The number of nitrogens with zero attached hydrogens (tertiary/aromatic N) is 2. The molecule has 0 radical (unpaired) electrons. The molecular formula is C24H23N3O2. The maximum atomic E-state index is 12.8. The third kappa shape index (κ3) is 3.85. The van der Waals surface area contributed by atoms with Gasteiger partial charge in [0, 0.05) is 17.4 Å². The standard InChI is InChI=1S/C24H23N3O2/c1-15-10-11-27-21(14-23(29)25-19-6-8-20(28)9-7-19)24(26-22(27)12-15)18-5-4-16(2)17(3)13-18/h4-13,28H,14H2,1-3H3,(H,25,29). The first-order valence-electron chi connectivity index (χ1n) is 9.55. The van der Waals surface area contributed by atoms with Gasteiger partial charge in [-0.25, -0.2) is 4.98 Å². The summed E-state index contributed by atoms with van der Waals surface area (Å²) in [6.07, 6.45) is 2.15. The number of pyridine rings is 1. The van der Waals surface area contributed by atoms with Crippen molar-refractivity contribution in [1.29, 1.82) is 0 Å². The highest BCUT2D eigenvalue weighted by Crippen LogP contribution is 2.27. The van der Waals surface area contributed by atoms with Crippen molar-refractivity contribution in [2.24, 2.45) is 0 Å². The number of anilines is 1. The molecule has 4 rings (SSSR count). The van der Waals surface area contributed by atoms with Crippen LogP contribution in [0.25, 0.3) is 16.9 Å². The van der Waals surface area contributed by atoms with Crippen molar-refractivity contribution in [2.45, 2.75) is 27.2 Å². The highest BCUT2D eigenvalue weighted by atomic mass is 16.3. The van der Waals surface area contributed by atoms with Crippen molar-refractivity contribution in [2.75, 3.05) is 5.32 Å². The van der Waals surface area contributed by atoms with Crippen LogP contribution in [-0.4, -0.2) is 20.4 Å². The average molecular weight is 385 g/mol. The molecule has 2 heterocycles. The second-order valence-electron chi connectivity index (χ2n) is 7.41. The van der Waals surface area contributed by atoms with E-state index >= 15 is 0 Å². The van der Waals surface area contributed by atoms with Crippen LogP contribution in [0.4, 0.5) is 5.69 Å². The fourth-order valence-corrected chi connectivity index (χ4v) is 3.39. The quantitative estimate of drug-likeness (QED) is 0.495. The van der Waals surface area contributed by atoms with Crippen LogP contribution >= 0.6 is 0 Å². The number of phenolic OH excluding ortho intramolecular Hbond substituents is 1. The normalized spacial score (nSPS) is 11.0. The Morgan fingerprint density at radius 1 is 1.00 bits per heavy atom. The number of fused-ring (bicyclic) bond motifs is 1.